The zero-order valence-corrected chi connectivity index (χ0v) is 15.7. The summed E-state index contributed by atoms with van der Waals surface area (Å²) < 4.78 is 5.78. The van der Waals surface area contributed by atoms with Crippen LogP contribution in [0.2, 0.25) is 10.0 Å². The molecule has 130 valence electrons. The molecule has 0 amide bonds. The van der Waals surface area contributed by atoms with Gasteiger partial charge in [-0.2, -0.15) is 0 Å². The summed E-state index contributed by atoms with van der Waals surface area (Å²) in [6.07, 6.45) is 6.26. The summed E-state index contributed by atoms with van der Waals surface area (Å²) in [6, 6.07) is 13.8. The van der Waals surface area contributed by atoms with Gasteiger partial charge in [0.15, 0.2) is 0 Å². The topological polar surface area (TPSA) is 21.3 Å². The highest BCUT2D eigenvalue weighted by molar-refractivity contribution is 6.43. The molecule has 0 aromatic heterocycles. The van der Waals surface area contributed by atoms with E-state index in [0.717, 1.165) is 24.5 Å². The summed E-state index contributed by atoms with van der Waals surface area (Å²) in [5.41, 5.74) is 2.01. The van der Waals surface area contributed by atoms with Crippen LogP contribution in [0, 0.1) is 0 Å². The average molecular weight is 366 g/mol. The first kappa shape index (κ1) is 19.0. The lowest BCUT2D eigenvalue weighted by Gasteiger charge is -2.10. The van der Waals surface area contributed by atoms with Crippen LogP contribution in [0.4, 0.5) is 5.69 Å². The first-order valence-electron chi connectivity index (χ1n) is 8.60. The van der Waals surface area contributed by atoms with Crippen LogP contribution in [0.25, 0.3) is 0 Å². The van der Waals surface area contributed by atoms with E-state index in [4.69, 9.17) is 27.9 Å². The van der Waals surface area contributed by atoms with Crippen LogP contribution in [0.1, 0.15) is 44.6 Å². The molecule has 0 unspecified atom stereocenters. The number of rotatable bonds is 10. The van der Waals surface area contributed by atoms with Crippen LogP contribution in [0.3, 0.4) is 0 Å². The Balaban J connectivity index is 1.74. The summed E-state index contributed by atoms with van der Waals surface area (Å²) in [5, 5.41) is 4.42. The van der Waals surface area contributed by atoms with Crippen molar-refractivity contribution in [2.45, 2.75) is 45.6 Å². The van der Waals surface area contributed by atoms with Gasteiger partial charge in [-0.15, -0.1) is 0 Å². The summed E-state index contributed by atoms with van der Waals surface area (Å²) in [5.74, 6) is 0.926. The minimum atomic E-state index is 0.558. The van der Waals surface area contributed by atoms with Gasteiger partial charge in [-0.3, -0.25) is 0 Å². The molecule has 4 heteroatoms. The Hall–Kier alpha value is -1.38. The molecular formula is C20H25Cl2NO. The molecule has 1 N–H and O–H groups in total. The van der Waals surface area contributed by atoms with E-state index in [0.29, 0.717) is 16.6 Å². The molecule has 0 aliphatic heterocycles. The first-order chi connectivity index (χ1) is 11.7. The van der Waals surface area contributed by atoms with E-state index in [1.807, 2.05) is 24.3 Å². The molecule has 0 saturated carbocycles. The van der Waals surface area contributed by atoms with Crippen molar-refractivity contribution in [2.75, 3.05) is 11.9 Å². The third kappa shape index (κ3) is 6.26. The fraction of sp³-hybridized carbons (Fsp3) is 0.400. The van der Waals surface area contributed by atoms with Crippen LogP contribution < -0.4 is 10.1 Å². The third-order valence-corrected chi connectivity index (χ3v) is 4.69. The Morgan fingerprint density at radius 3 is 2.42 bits per heavy atom. The van der Waals surface area contributed by atoms with E-state index < -0.39 is 0 Å². The fourth-order valence-electron chi connectivity index (χ4n) is 2.44. The number of nitrogens with one attached hydrogen (secondary N) is 1. The maximum atomic E-state index is 6.17. The predicted molar refractivity (Wildman–Crippen MR) is 104 cm³/mol. The van der Waals surface area contributed by atoms with E-state index in [-0.39, 0.29) is 0 Å². The minimum absolute atomic E-state index is 0.558. The highest BCUT2D eigenvalue weighted by atomic mass is 35.5. The van der Waals surface area contributed by atoms with E-state index in [9.17, 15) is 0 Å². The van der Waals surface area contributed by atoms with Crippen molar-refractivity contribution >= 4 is 28.9 Å². The lowest BCUT2D eigenvalue weighted by Crippen LogP contribution is -2.01. The molecule has 0 fully saturated rings. The van der Waals surface area contributed by atoms with E-state index in [1.54, 1.807) is 6.07 Å². The summed E-state index contributed by atoms with van der Waals surface area (Å²) in [6.45, 7) is 3.71. The molecule has 2 aromatic rings. The van der Waals surface area contributed by atoms with E-state index in [2.05, 4.69) is 24.4 Å². The average Bonchev–Trinajstić information content (AvgIpc) is 2.60. The molecule has 2 rings (SSSR count). The number of ether oxygens (including phenoxy) is 1. The number of hydrogen-bond donors (Lipinski definition) is 1. The van der Waals surface area contributed by atoms with Crippen molar-refractivity contribution in [2.24, 2.45) is 0 Å². The molecule has 24 heavy (non-hydrogen) atoms. The van der Waals surface area contributed by atoms with Gasteiger partial charge in [0.25, 0.3) is 0 Å². The van der Waals surface area contributed by atoms with E-state index in [1.165, 1.54) is 31.2 Å². The molecule has 2 aromatic carbocycles. The number of unbranched alkanes of at least 4 members (excludes halogenated alkanes) is 4. The molecule has 0 aliphatic rings. The predicted octanol–water partition coefficient (Wildman–Crippen LogP) is 6.95. The van der Waals surface area contributed by atoms with Crippen molar-refractivity contribution in [3.8, 4) is 5.75 Å². The second-order valence-corrected chi connectivity index (χ2v) is 6.65. The monoisotopic (exact) mass is 365 g/mol. The van der Waals surface area contributed by atoms with Crippen molar-refractivity contribution in [3.05, 3.63) is 58.1 Å². The molecule has 0 aliphatic carbocycles. The normalized spacial score (nSPS) is 10.6. The SMILES string of the molecule is CCCCCCCOc1ccc(CNc2cccc(Cl)c2Cl)cc1. The third-order valence-electron chi connectivity index (χ3n) is 3.87. The van der Waals surface area contributed by atoms with Crippen LogP contribution in [-0.4, -0.2) is 6.61 Å². The smallest absolute Gasteiger partial charge is 0.119 e. The maximum absolute atomic E-state index is 6.17. The number of benzene rings is 2. The van der Waals surface area contributed by atoms with Gasteiger partial charge < -0.3 is 10.1 Å². The lowest BCUT2D eigenvalue weighted by atomic mass is 10.2. The van der Waals surface area contributed by atoms with E-state index >= 15 is 0 Å². The molecule has 0 bridgehead atoms. The van der Waals surface area contributed by atoms with Crippen LogP contribution in [0.5, 0.6) is 5.75 Å². The van der Waals surface area contributed by atoms with Gasteiger partial charge in [0, 0.05) is 6.54 Å². The molecule has 0 radical (unpaired) electrons. The van der Waals surface area contributed by atoms with Gasteiger partial charge in [0.2, 0.25) is 0 Å². The Labute approximate surface area is 155 Å². The van der Waals surface area contributed by atoms with Crippen LogP contribution in [0.15, 0.2) is 42.5 Å². The Bertz CT molecular complexity index is 614. The van der Waals surface area contributed by atoms with Crippen molar-refractivity contribution in [1.29, 1.82) is 0 Å². The Kier molecular flexibility index (Phi) is 8.27. The zero-order chi connectivity index (χ0) is 17.2. The first-order valence-corrected chi connectivity index (χ1v) is 9.36. The summed E-state index contributed by atoms with van der Waals surface area (Å²) >= 11 is 12.2. The minimum Gasteiger partial charge on any atom is -0.494 e. The molecule has 0 spiro atoms. The van der Waals surface area contributed by atoms with Gasteiger partial charge in [-0.05, 0) is 36.2 Å². The van der Waals surface area contributed by atoms with Gasteiger partial charge in [0.05, 0.1) is 22.3 Å². The quantitative estimate of drug-likeness (QED) is 0.459. The number of hydrogen-bond acceptors (Lipinski definition) is 2. The number of anilines is 1. The van der Waals surface area contributed by atoms with Crippen molar-refractivity contribution in [1.82, 2.24) is 0 Å². The number of halogens is 2. The largest absolute Gasteiger partial charge is 0.494 e. The second-order valence-electron chi connectivity index (χ2n) is 5.86. The molecule has 0 saturated heterocycles. The van der Waals surface area contributed by atoms with Crippen molar-refractivity contribution in [3.63, 3.8) is 0 Å². The van der Waals surface area contributed by atoms with Gasteiger partial charge in [0.1, 0.15) is 5.75 Å². The maximum Gasteiger partial charge on any atom is 0.119 e. The van der Waals surface area contributed by atoms with Crippen LogP contribution in [-0.2, 0) is 6.54 Å². The molecule has 2 nitrogen and oxygen atoms in total. The highest BCUT2D eigenvalue weighted by Crippen LogP contribution is 2.29. The molecule has 0 atom stereocenters. The summed E-state index contributed by atoms with van der Waals surface area (Å²) in [7, 11) is 0. The molecule has 0 heterocycles. The van der Waals surface area contributed by atoms with Crippen LogP contribution >= 0.6 is 23.2 Å². The zero-order valence-electron chi connectivity index (χ0n) is 14.2. The lowest BCUT2D eigenvalue weighted by molar-refractivity contribution is 0.304. The highest BCUT2D eigenvalue weighted by Gasteiger charge is 2.04. The van der Waals surface area contributed by atoms with Gasteiger partial charge >= 0.3 is 0 Å². The van der Waals surface area contributed by atoms with Crippen molar-refractivity contribution < 1.29 is 4.74 Å². The Morgan fingerprint density at radius 2 is 1.67 bits per heavy atom. The summed E-state index contributed by atoms with van der Waals surface area (Å²) in [4.78, 5) is 0. The Morgan fingerprint density at radius 1 is 0.917 bits per heavy atom. The standard InChI is InChI=1S/C20H25Cl2NO/c1-2-3-4-5-6-14-24-17-12-10-16(11-13-17)15-23-19-9-7-8-18(21)20(19)22/h7-13,23H,2-6,14-15H2,1H3. The molecular weight excluding hydrogens is 341 g/mol. The second kappa shape index (κ2) is 10.5. The van der Waals surface area contributed by atoms with Gasteiger partial charge in [-0.1, -0.05) is 74.0 Å². The van der Waals surface area contributed by atoms with Gasteiger partial charge in [-0.25, -0.2) is 0 Å². The fourth-order valence-corrected chi connectivity index (χ4v) is 2.80.